The maximum atomic E-state index is 14.7. The molecule has 1 aliphatic heterocycles. The molecular formula is C35H28N6O5. The first-order valence-corrected chi connectivity index (χ1v) is 14.7. The number of aromatic nitrogens is 5. The fourth-order valence-electron chi connectivity index (χ4n) is 5.88. The van der Waals surface area contributed by atoms with Gasteiger partial charge in [0.15, 0.2) is 11.6 Å². The Morgan fingerprint density at radius 2 is 1.46 bits per heavy atom. The van der Waals surface area contributed by atoms with Crippen LogP contribution in [0.5, 0.6) is 0 Å². The maximum Gasteiger partial charge on any atom is 0.326 e. The van der Waals surface area contributed by atoms with E-state index < -0.39 is 17.9 Å². The van der Waals surface area contributed by atoms with Crippen molar-refractivity contribution < 1.29 is 24.2 Å². The topological polar surface area (TPSA) is 132 Å². The van der Waals surface area contributed by atoms with Crippen molar-refractivity contribution in [2.24, 2.45) is 0 Å². The molecule has 1 unspecified atom stereocenters. The molecular weight excluding hydrogens is 584 g/mol. The molecule has 0 radical (unpaired) electrons. The second-order valence-electron chi connectivity index (χ2n) is 10.9. The molecule has 11 heteroatoms. The number of hydrogen-bond donors (Lipinski definition) is 1. The van der Waals surface area contributed by atoms with Crippen LogP contribution in [-0.4, -0.2) is 54.0 Å². The molecule has 11 nitrogen and oxygen atoms in total. The number of amides is 1. The second-order valence-corrected chi connectivity index (χ2v) is 10.9. The molecule has 0 saturated heterocycles. The summed E-state index contributed by atoms with van der Waals surface area (Å²) in [7, 11) is 0. The predicted molar refractivity (Wildman–Crippen MR) is 169 cm³/mol. The molecule has 46 heavy (non-hydrogen) atoms. The molecule has 0 bridgehead atoms. The van der Waals surface area contributed by atoms with Crippen molar-refractivity contribution in [3.05, 3.63) is 126 Å². The van der Waals surface area contributed by atoms with E-state index in [1.54, 1.807) is 12.1 Å². The summed E-state index contributed by atoms with van der Waals surface area (Å²) >= 11 is 0. The molecule has 0 fully saturated rings. The SMILES string of the molecule is O=C(O)Cn1nc(CC2C(=O)N(CC(=O)OCc3ccccc3)c3ccccc3-n3c(-c4ccccc4)nnc32)c2ccccc21. The lowest BCUT2D eigenvalue weighted by molar-refractivity contribution is -0.144. The van der Waals surface area contributed by atoms with Crippen molar-refractivity contribution in [2.45, 2.75) is 25.5 Å². The summed E-state index contributed by atoms with van der Waals surface area (Å²) in [6.45, 7) is -0.589. The summed E-state index contributed by atoms with van der Waals surface area (Å²) in [5.41, 5.74) is 3.94. The number of fused-ring (bicyclic) bond motifs is 4. The standard InChI is InChI=1S/C35H28N6O5/c42-31(43)20-40-28-16-8-7-15-25(28)27(38-40)19-26-34-37-36-33(24-13-5-2-6-14-24)41(34)30-18-10-9-17-29(30)39(35(26)45)21-32(44)46-22-23-11-3-1-4-12-23/h1-18,26H,19-22H2,(H,42,43). The van der Waals surface area contributed by atoms with E-state index in [1.807, 2.05) is 102 Å². The maximum absolute atomic E-state index is 14.7. The molecule has 6 aromatic rings. The Bertz CT molecular complexity index is 2070. The summed E-state index contributed by atoms with van der Waals surface area (Å²) in [4.78, 5) is 41.0. The van der Waals surface area contributed by atoms with E-state index in [0.717, 1.165) is 16.5 Å². The van der Waals surface area contributed by atoms with Gasteiger partial charge in [0, 0.05) is 17.4 Å². The number of benzene rings is 4. The fraction of sp³-hybridized carbons (Fsp3) is 0.143. The molecule has 228 valence electrons. The Balaban J connectivity index is 1.33. The van der Waals surface area contributed by atoms with Crippen molar-refractivity contribution >= 4 is 34.4 Å². The van der Waals surface area contributed by atoms with Gasteiger partial charge in [0.1, 0.15) is 25.6 Å². The highest BCUT2D eigenvalue weighted by atomic mass is 16.5. The van der Waals surface area contributed by atoms with Gasteiger partial charge < -0.3 is 9.84 Å². The minimum absolute atomic E-state index is 0.0728. The lowest BCUT2D eigenvalue weighted by Gasteiger charge is -2.24. The van der Waals surface area contributed by atoms with Crippen LogP contribution in [0.1, 0.15) is 23.0 Å². The molecule has 1 amide bonds. The number of para-hydroxylation sites is 3. The van der Waals surface area contributed by atoms with Gasteiger partial charge in [-0.2, -0.15) is 5.10 Å². The van der Waals surface area contributed by atoms with Crippen LogP contribution in [0.15, 0.2) is 109 Å². The van der Waals surface area contributed by atoms with E-state index >= 15 is 0 Å². The Labute approximate surface area is 263 Å². The first-order chi connectivity index (χ1) is 22.5. The first kappa shape index (κ1) is 28.7. The third kappa shape index (κ3) is 5.38. The normalized spacial score (nSPS) is 14.0. The Morgan fingerprint density at radius 1 is 0.783 bits per heavy atom. The van der Waals surface area contributed by atoms with Gasteiger partial charge in [0.2, 0.25) is 5.91 Å². The van der Waals surface area contributed by atoms with E-state index in [0.29, 0.717) is 34.2 Å². The van der Waals surface area contributed by atoms with E-state index in [4.69, 9.17) is 4.74 Å². The summed E-state index contributed by atoms with van der Waals surface area (Å²) in [6, 6.07) is 33.5. The molecule has 7 rings (SSSR count). The van der Waals surface area contributed by atoms with Gasteiger partial charge in [-0.25, -0.2) is 0 Å². The number of carboxylic acids is 1. The number of aliphatic carboxylic acids is 1. The number of rotatable bonds is 9. The Hall–Kier alpha value is -6.10. The average molecular weight is 613 g/mol. The van der Waals surface area contributed by atoms with Crippen molar-refractivity contribution in [2.75, 3.05) is 11.4 Å². The number of ether oxygens (including phenoxy) is 1. The van der Waals surface area contributed by atoms with E-state index in [9.17, 15) is 19.5 Å². The third-order valence-corrected chi connectivity index (χ3v) is 7.96. The second kappa shape index (κ2) is 12.1. The summed E-state index contributed by atoms with van der Waals surface area (Å²) in [6.07, 6.45) is 0.0858. The molecule has 1 aliphatic rings. The number of carboxylic acid groups (broad SMARTS) is 1. The van der Waals surface area contributed by atoms with Crippen molar-refractivity contribution in [1.82, 2.24) is 24.5 Å². The summed E-state index contributed by atoms with van der Waals surface area (Å²) in [5.74, 6) is -1.98. The number of carbonyl (C=O) groups is 3. The van der Waals surface area contributed by atoms with E-state index in [-0.39, 0.29) is 32.0 Å². The molecule has 3 heterocycles. The molecule has 2 aromatic heterocycles. The summed E-state index contributed by atoms with van der Waals surface area (Å²) in [5, 5.41) is 24.0. The largest absolute Gasteiger partial charge is 0.480 e. The number of carbonyl (C=O) groups excluding carboxylic acids is 2. The average Bonchev–Trinajstić information content (AvgIpc) is 3.65. The monoisotopic (exact) mass is 612 g/mol. The third-order valence-electron chi connectivity index (χ3n) is 7.96. The number of esters is 1. The number of hydrogen-bond acceptors (Lipinski definition) is 7. The van der Waals surface area contributed by atoms with Gasteiger partial charge in [-0.15, -0.1) is 10.2 Å². The van der Waals surface area contributed by atoms with Crippen LogP contribution in [0.2, 0.25) is 0 Å². The molecule has 1 N–H and O–H groups in total. The zero-order valence-electron chi connectivity index (χ0n) is 24.6. The smallest absolute Gasteiger partial charge is 0.326 e. The van der Waals surface area contributed by atoms with Crippen molar-refractivity contribution in [3.63, 3.8) is 0 Å². The van der Waals surface area contributed by atoms with Crippen LogP contribution in [0.3, 0.4) is 0 Å². The van der Waals surface area contributed by atoms with Crippen LogP contribution in [0.4, 0.5) is 5.69 Å². The van der Waals surface area contributed by atoms with Gasteiger partial charge >= 0.3 is 11.9 Å². The minimum atomic E-state index is -1.03. The van der Waals surface area contributed by atoms with Gasteiger partial charge in [0.05, 0.1) is 22.6 Å². The summed E-state index contributed by atoms with van der Waals surface area (Å²) < 4.78 is 8.88. The Morgan fingerprint density at radius 3 is 2.22 bits per heavy atom. The van der Waals surface area contributed by atoms with Crippen molar-refractivity contribution in [1.29, 1.82) is 0 Å². The van der Waals surface area contributed by atoms with Crippen LogP contribution in [0.25, 0.3) is 28.0 Å². The highest BCUT2D eigenvalue weighted by molar-refractivity contribution is 6.04. The fourth-order valence-corrected chi connectivity index (χ4v) is 5.88. The quantitative estimate of drug-likeness (QED) is 0.231. The molecule has 1 atom stereocenters. The first-order valence-electron chi connectivity index (χ1n) is 14.7. The van der Waals surface area contributed by atoms with Gasteiger partial charge in [-0.3, -0.25) is 28.5 Å². The van der Waals surface area contributed by atoms with Gasteiger partial charge in [-0.05, 0) is 23.8 Å². The lowest BCUT2D eigenvalue weighted by Crippen LogP contribution is -2.40. The van der Waals surface area contributed by atoms with Gasteiger partial charge in [-0.1, -0.05) is 91.0 Å². The van der Waals surface area contributed by atoms with Gasteiger partial charge in [0.25, 0.3) is 0 Å². The van der Waals surface area contributed by atoms with Crippen molar-refractivity contribution in [3.8, 4) is 17.1 Å². The van der Waals surface area contributed by atoms with Crippen LogP contribution in [0, 0.1) is 0 Å². The van der Waals surface area contributed by atoms with Crippen LogP contribution < -0.4 is 4.90 Å². The molecule has 0 aliphatic carbocycles. The Kier molecular flexibility index (Phi) is 7.55. The van der Waals surface area contributed by atoms with E-state index in [1.165, 1.54) is 9.58 Å². The highest BCUT2D eigenvalue weighted by Gasteiger charge is 2.39. The highest BCUT2D eigenvalue weighted by Crippen LogP contribution is 2.39. The molecule has 4 aromatic carbocycles. The van der Waals surface area contributed by atoms with Crippen LogP contribution >= 0.6 is 0 Å². The van der Waals surface area contributed by atoms with E-state index in [2.05, 4.69) is 15.3 Å². The number of anilines is 1. The molecule has 0 spiro atoms. The minimum Gasteiger partial charge on any atom is -0.480 e. The lowest BCUT2D eigenvalue weighted by atomic mass is 9.98. The zero-order valence-corrected chi connectivity index (χ0v) is 24.6. The number of nitrogens with zero attached hydrogens (tertiary/aromatic N) is 6. The molecule has 0 saturated carbocycles. The predicted octanol–water partition coefficient (Wildman–Crippen LogP) is 4.78. The zero-order chi connectivity index (χ0) is 31.6. The van der Waals surface area contributed by atoms with Crippen LogP contribution in [-0.2, 0) is 38.7 Å².